The highest BCUT2D eigenvalue weighted by atomic mass is 16.5. The monoisotopic (exact) mass is 552 g/mol. The SMILES string of the molecule is COc1ccc(CN2CCCC2)cc1-c1ccc(O)c2c1CC(CC(CCO)C(CO)C(=O)CC(N)=O)CC2=O. The van der Waals surface area contributed by atoms with E-state index in [-0.39, 0.29) is 36.9 Å². The minimum atomic E-state index is -0.859. The van der Waals surface area contributed by atoms with Crippen molar-refractivity contribution in [3.8, 4) is 22.6 Å². The van der Waals surface area contributed by atoms with Gasteiger partial charge in [0.15, 0.2) is 5.78 Å². The number of hydrogen-bond acceptors (Lipinski definition) is 8. The molecule has 9 nitrogen and oxygen atoms in total. The lowest BCUT2D eigenvalue weighted by Gasteiger charge is -2.32. The minimum absolute atomic E-state index is 0.0637. The summed E-state index contributed by atoms with van der Waals surface area (Å²) in [5, 5.41) is 30.4. The van der Waals surface area contributed by atoms with E-state index in [4.69, 9.17) is 10.5 Å². The van der Waals surface area contributed by atoms with Crippen LogP contribution >= 0.6 is 0 Å². The molecule has 216 valence electrons. The number of methoxy groups -OCH3 is 1. The van der Waals surface area contributed by atoms with Crippen LogP contribution < -0.4 is 10.5 Å². The average molecular weight is 553 g/mol. The summed E-state index contributed by atoms with van der Waals surface area (Å²) < 4.78 is 5.71. The van der Waals surface area contributed by atoms with E-state index in [0.717, 1.165) is 41.9 Å². The van der Waals surface area contributed by atoms with E-state index in [1.54, 1.807) is 13.2 Å². The van der Waals surface area contributed by atoms with Crippen molar-refractivity contribution in [3.63, 3.8) is 0 Å². The zero-order valence-electron chi connectivity index (χ0n) is 23.1. The van der Waals surface area contributed by atoms with Crippen LogP contribution in [0.3, 0.4) is 0 Å². The van der Waals surface area contributed by atoms with Gasteiger partial charge in [-0.15, -0.1) is 0 Å². The number of nitrogens with zero attached hydrogens (tertiary/aromatic N) is 1. The first-order valence-electron chi connectivity index (χ1n) is 14.1. The molecular weight excluding hydrogens is 512 g/mol. The number of Topliss-reactive ketones (excluding diaryl/α,β-unsaturated/α-hetero) is 2. The molecule has 1 aliphatic heterocycles. The zero-order chi connectivity index (χ0) is 28.8. The summed E-state index contributed by atoms with van der Waals surface area (Å²) >= 11 is 0. The van der Waals surface area contributed by atoms with Gasteiger partial charge >= 0.3 is 0 Å². The number of amides is 1. The first-order valence-corrected chi connectivity index (χ1v) is 14.1. The summed E-state index contributed by atoms with van der Waals surface area (Å²) in [6.45, 7) is 2.29. The summed E-state index contributed by atoms with van der Waals surface area (Å²) in [6.07, 6.45) is 3.18. The molecule has 0 bridgehead atoms. The smallest absolute Gasteiger partial charge is 0.224 e. The number of carbonyl (C=O) groups is 3. The Balaban J connectivity index is 1.67. The van der Waals surface area contributed by atoms with Gasteiger partial charge in [-0.05, 0) is 91.9 Å². The number of aliphatic hydroxyl groups excluding tert-OH is 2. The Bertz CT molecular complexity index is 1240. The van der Waals surface area contributed by atoms with Crippen molar-refractivity contribution < 1.29 is 34.4 Å². The fourth-order valence-electron chi connectivity index (χ4n) is 6.46. The lowest BCUT2D eigenvalue weighted by atomic mass is 9.72. The van der Waals surface area contributed by atoms with Gasteiger partial charge in [0.05, 0.1) is 25.7 Å². The number of carbonyl (C=O) groups excluding carboxylic acids is 3. The molecule has 2 aromatic rings. The topological polar surface area (TPSA) is 150 Å². The Labute approximate surface area is 234 Å². The number of primary amides is 1. The van der Waals surface area contributed by atoms with Crippen molar-refractivity contribution in [3.05, 3.63) is 47.0 Å². The van der Waals surface area contributed by atoms with Gasteiger partial charge in [0, 0.05) is 31.1 Å². The number of aromatic hydroxyl groups is 1. The number of nitrogens with two attached hydrogens (primary N) is 1. The predicted octanol–water partition coefficient (Wildman–Crippen LogP) is 2.85. The number of rotatable bonds is 13. The minimum Gasteiger partial charge on any atom is -0.507 e. The number of hydrogen-bond donors (Lipinski definition) is 4. The first-order chi connectivity index (χ1) is 19.2. The molecule has 1 aliphatic carbocycles. The van der Waals surface area contributed by atoms with Gasteiger partial charge in [-0.1, -0.05) is 12.1 Å². The fraction of sp³-hybridized carbons (Fsp3) is 0.516. The Morgan fingerprint density at radius 3 is 2.50 bits per heavy atom. The maximum atomic E-state index is 13.4. The van der Waals surface area contributed by atoms with E-state index in [1.807, 2.05) is 12.1 Å². The highest BCUT2D eigenvalue weighted by Crippen LogP contribution is 2.43. The number of ether oxygens (including phenoxy) is 1. The lowest BCUT2D eigenvalue weighted by molar-refractivity contribution is -0.131. The van der Waals surface area contributed by atoms with Crippen molar-refractivity contribution in [2.24, 2.45) is 23.5 Å². The number of aliphatic hydroxyl groups is 2. The maximum Gasteiger partial charge on any atom is 0.224 e. The van der Waals surface area contributed by atoms with Crippen LogP contribution in [0, 0.1) is 17.8 Å². The fourth-order valence-corrected chi connectivity index (χ4v) is 6.46. The summed E-state index contributed by atoms with van der Waals surface area (Å²) in [7, 11) is 1.61. The van der Waals surface area contributed by atoms with Crippen LogP contribution in [0.2, 0.25) is 0 Å². The Morgan fingerprint density at radius 1 is 1.10 bits per heavy atom. The molecule has 2 aromatic carbocycles. The van der Waals surface area contributed by atoms with E-state index in [9.17, 15) is 29.7 Å². The third kappa shape index (κ3) is 6.71. The molecule has 0 spiro atoms. The van der Waals surface area contributed by atoms with Gasteiger partial charge in [-0.3, -0.25) is 19.3 Å². The van der Waals surface area contributed by atoms with Crippen LogP contribution in [0.4, 0.5) is 0 Å². The van der Waals surface area contributed by atoms with E-state index in [0.29, 0.717) is 24.2 Å². The number of fused-ring (bicyclic) bond motifs is 1. The molecule has 1 amide bonds. The Kier molecular flexibility index (Phi) is 9.95. The molecule has 2 aliphatic rings. The molecule has 1 heterocycles. The molecule has 0 radical (unpaired) electrons. The van der Waals surface area contributed by atoms with Crippen LogP contribution in [0.1, 0.15) is 60.0 Å². The standard InChI is InChI=1S/C31H40N2O7/c1-40-29-7-4-19(17-33-9-2-3-10-33)13-23(29)22-5-6-26(36)31-24(22)14-20(15-28(31)38)12-21(8-11-34)25(18-35)27(37)16-30(32)39/h4-7,13,20-21,25,34-36H,2-3,8-12,14-18H2,1H3,(H2,32,39). The summed E-state index contributed by atoms with van der Waals surface area (Å²) in [6, 6.07) is 9.46. The molecule has 4 rings (SSSR count). The second-order valence-corrected chi connectivity index (χ2v) is 11.1. The highest BCUT2D eigenvalue weighted by Gasteiger charge is 2.35. The van der Waals surface area contributed by atoms with Crippen molar-refractivity contribution in [1.82, 2.24) is 4.90 Å². The normalized spacial score (nSPS) is 18.8. The van der Waals surface area contributed by atoms with E-state index >= 15 is 0 Å². The van der Waals surface area contributed by atoms with E-state index < -0.39 is 36.6 Å². The molecule has 40 heavy (non-hydrogen) atoms. The molecule has 1 fully saturated rings. The van der Waals surface area contributed by atoms with Crippen molar-refractivity contribution in [2.75, 3.05) is 33.4 Å². The molecule has 3 unspecified atom stereocenters. The molecule has 0 aromatic heterocycles. The average Bonchev–Trinajstić information content (AvgIpc) is 3.42. The van der Waals surface area contributed by atoms with Crippen molar-refractivity contribution in [1.29, 1.82) is 0 Å². The summed E-state index contributed by atoms with van der Waals surface area (Å²) in [5.74, 6) is -2.30. The van der Waals surface area contributed by atoms with Crippen molar-refractivity contribution >= 4 is 17.5 Å². The molecule has 9 heteroatoms. The van der Waals surface area contributed by atoms with Gasteiger partial charge in [0.25, 0.3) is 0 Å². The van der Waals surface area contributed by atoms with Crippen LogP contribution in [-0.2, 0) is 22.6 Å². The van der Waals surface area contributed by atoms with E-state index in [1.165, 1.54) is 12.8 Å². The number of likely N-dealkylation sites (tertiary alicyclic amines) is 1. The Morgan fingerprint density at radius 2 is 1.85 bits per heavy atom. The quantitative estimate of drug-likeness (QED) is 0.277. The highest BCUT2D eigenvalue weighted by molar-refractivity contribution is 6.03. The van der Waals surface area contributed by atoms with Gasteiger partial charge in [0.1, 0.15) is 17.3 Å². The Hall–Kier alpha value is -3.27. The zero-order valence-corrected chi connectivity index (χ0v) is 23.1. The lowest BCUT2D eigenvalue weighted by Crippen LogP contribution is -2.33. The van der Waals surface area contributed by atoms with Gasteiger partial charge < -0.3 is 25.8 Å². The number of phenols is 1. The van der Waals surface area contributed by atoms with Crippen LogP contribution in [0.5, 0.6) is 11.5 Å². The molecule has 3 atom stereocenters. The molecule has 5 N–H and O–H groups in total. The van der Waals surface area contributed by atoms with Crippen LogP contribution in [0.25, 0.3) is 11.1 Å². The van der Waals surface area contributed by atoms with Gasteiger partial charge in [-0.2, -0.15) is 0 Å². The molecule has 1 saturated heterocycles. The number of phenolic OH excluding ortho intramolecular Hbond substituents is 1. The second kappa shape index (κ2) is 13.4. The van der Waals surface area contributed by atoms with Crippen LogP contribution in [-0.4, -0.2) is 71.1 Å². The predicted molar refractivity (Wildman–Crippen MR) is 150 cm³/mol. The van der Waals surface area contributed by atoms with Crippen molar-refractivity contribution in [2.45, 2.75) is 51.5 Å². The largest absolute Gasteiger partial charge is 0.507 e. The number of ketones is 2. The van der Waals surface area contributed by atoms with Crippen LogP contribution in [0.15, 0.2) is 30.3 Å². The number of benzene rings is 2. The third-order valence-corrected chi connectivity index (χ3v) is 8.36. The third-order valence-electron chi connectivity index (χ3n) is 8.36. The van der Waals surface area contributed by atoms with Gasteiger partial charge in [-0.25, -0.2) is 0 Å². The first kappa shape index (κ1) is 29.7. The molecular formula is C31H40N2O7. The molecule has 0 saturated carbocycles. The summed E-state index contributed by atoms with van der Waals surface area (Å²) in [5.41, 5.74) is 9.04. The second-order valence-electron chi connectivity index (χ2n) is 11.1. The van der Waals surface area contributed by atoms with E-state index in [2.05, 4.69) is 17.0 Å². The summed E-state index contributed by atoms with van der Waals surface area (Å²) in [4.78, 5) is 39.8. The maximum absolute atomic E-state index is 13.4. The van der Waals surface area contributed by atoms with Gasteiger partial charge in [0.2, 0.25) is 5.91 Å².